The highest BCUT2D eigenvalue weighted by Crippen LogP contribution is 2.30. The number of fused-ring (bicyclic) bond motifs is 1. The van der Waals surface area contributed by atoms with E-state index in [0.717, 1.165) is 24.8 Å². The van der Waals surface area contributed by atoms with Crippen molar-refractivity contribution in [2.75, 3.05) is 5.73 Å². The molecule has 0 radical (unpaired) electrons. The van der Waals surface area contributed by atoms with Gasteiger partial charge in [-0.3, -0.25) is 0 Å². The van der Waals surface area contributed by atoms with Crippen molar-refractivity contribution in [3.05, 3.63) is 29.3 Å². The van der Waals surface area contributed by atoms with Gasteiger partial charge in [-0.25, -0.2) is 4.79 Å². The van der Waals surface area contributed by atoms with Crippen LogP contribution in [0.3, 0.4) is 0 Å². The SMILES string of the molecule is CC(C)(C)OC(C)(C)C.Nc1ccc2c(c1)C(NC(=O)O)CCC2. The maximum atomic E-state index is 10.6. The van der Waals surface area contributed by atoms with Gasteiger partial charge in [-0.1, -0.05) is 6.07 Å². The first-order valence-corrected chi connectivity index (χ1v) is 8.45. The van der Waals surface area contributed by atoms with Crippen LogP contribution in [0.1, 0.15) is 71.6 Å². The second kappa shape index (κ2) is 7.88. The molecule has 0 aromatic heterocycles. The number of benzene rings is 1. The monoisotopic (exact) mass is 336 g/mol. The number of aryl methyl sites for hydroxylation is 1. The summed E-state index contributed by atoms with van der Waals surface area (Å²) in [6, 6.07) is 5.62. The number of ether oxygens (including phenoxy) is 1. The summed E-state index contributed by atoms with van der Waals surface area (Å²) in [5, 5.41) is 11.2. The number of nitrogen functional groups attached to an aromatic ring is 1. The number of rotatable bonds is 1. The van der Waals surface area contributed by atoms with Crippen molar-refractivity contribution < 1.29 is 14.6 Å². The molecule has 2 rings (SSSR count). The van der Waals surface area contributed by atoms with Crippen LogP contribution in [0.4, 0.5) is 10.5 Å². The smallest absolute Gasteiger partial charge is 0.405 e. The van der Waals surface area contributed by atoms with Crippen molar-refractivity contribution in [1.29, 1.82) is 0 Å². The zero-order valence-electron chi connectivity index (χ0n) is 15.8. The maximum Gasteiger partial charge on any atom is 0.405 e. The van der Waals surface area contributed by atoms with Gasteiger partial charge in [0.25, 0.3) is 0 Å². The van der Waals surface area contributed by atoms with Gasteiger partial charge in [-0.2, -0.15) is 0 Å². The Labute approximate surface area is 145 Å². The molecule has 0 bridgehead atoms. The van der Waals surface area contributed by atoms with Gasteiger partial charge in [0.1, 0.15) is 0 Å². The van der Waals surface area contributed by atoms with E-state index in [2.05, 4.69) is 46.9 Å². The van der Waals surface area contributed by atoms with Crippen LogP contribution in [-0.2, 0) is 11.2 Å². The Bertz CT molecular complexity index is 545. The predicted molar refractivity (Wildman–Crippen MR) is 98.3 cm³/mol. The van der Waals surface area contributed by atoms with Gasteiger partial charge in [0, 0.05) is 5.69 Å². The predicted octanol–water partition coefficient (Wildman–Crippen LogP) is 4.51. The molecule has 136 valence electrons. The average molecular weight is 336 g/mol. The molecule has 1 amide bonds. The summed E-state index contributed by atoms with van der Waals surface area (Å²) < 4.78 is 5.62. The van der Waals surface area contributed by atoms with Crippen LogP contribution in [0, 0.1) is 0 Å². The Balaban J connectivity index is 0.000000277. The van der Waals surface area contributed by atoms with Gasteiger partial charge in [0.2, 0.25) is 0 Å². The van der Waals surface area contributed by atoms with E-state index in [-0.39, 0.29) is 17.2 Å². The first kappa shape index (κ1) is 20.3. The molecule has 0 fully saturated rings. The van der Waals surface area contributed by atoms with Gasteiger partial charge in [-0.05, 0) is 84.1 Å². The van der Waals surface area contributed by atoms with Crippen LogP contribution < -0.4 is 11.1 Å². The molecule has 1 aliphatic carbocycles. The zero-order chi connectivity index (χ0) is 18.5. The third-order valence-electron chi connectivity index (χ3n) is 3.39. The van der Waals surface area contributed by atoms with Gasteiger partial charge < -0.3 is 20.9 Å². The van der Waals surface area contributed by atoms with Gasteiger partial charge in [-0.15, -0.1) is 0 Å². The van der Waals surface area contributed by atoms with E-state index in [0.29, 0.717) is 5.69 Å². The summed E-state index contributed by atoms with van der Waals surface area (Å²) in [6.45, 7) is 12.4. The highest BCUT2D eigenvalue weighted by Gasteiger charge is 2.21. The minimum Gasteiger partial charge on any atom is -0.465 e. The Morgan fingerprint density at radius 2 is 1.79 bits per heavy atom. The van der Waals surface area contributed by atoms with E-state index in [9.17, 15) is 4.79 Å². The lowest BCUT2D eigenvalue weighted by Crippen LogP contribution is -2.31. The largest absolute Gasteiger partial charge is 0.465 e. The van der Waals surface area contributed by atoms with Crippen LogP contribution in [0.2, 0.25) is 0 Å². The summed E-state index contributed by atoms with van der Waals surface area (Å²) in [5.41, 5.74) is 8.59. The third kappa shape index (κ3) is 7.68. The lowest BCUT2D eigenvalue weighted by atomic mass is 9.87. The van der Waals surface area contributed by atoms with Crippen LogP contribution in [0.15, 0.2) is 18.2 Å². The standard InChI is InChI=1S/C11H14N2O2.C8H18O/c12-8-5-4-7-2-1-3-10(9(7)6-8)13-11(14)15;1-7(2,3)9-8(4,5)6/h4-6,10,13H,1-3,12H2,(H,14,15);1-6H3. The summed E-state index contributed by atoms with van der Waals surface area (Å²) >= 11 is 0. The van der Waals surface area contributed by atoms with Gasteiger partial charge in [0.05, 0.1) is 17.2 Å². The molecular weight excluding hydrogens is 304 g/mol. The molecule has 1 unspecified atom stereocenters. The van der Waals surface area contributed by atoms with E-state index in [1.807, 2.05) is 18.2 Å². The molecule has 4 N–H and O–H groups in total. The molecule has 0 spiro atoms. The van der Waals surface area contributed by atoms with Crippen molar-refractivity contribution in [3.63, 3.8) is 0 Å². The Morgan fingerprint density at radius 1 is 1.21 bits per heavy atom. The van der Waals surface area contributed by atoms with Crippen molar-refractivity contribution in [2.24, 2.45) is 0 Å². The van der Waals surface area contributed by atoms with Crippen molar-refractivity contribution in [1.82, 2.24) is 5.32 Å². The average Bonchev–Trinajstić information content (AvgIpc) is 2.35. The Hall–Kier alpha value is -1.75. The van der Waals surface area contributed by atoms with Crippen molar-refractivity contribution in [2.45, 2.75) is 78.0 Å². The number of hydrogen-bond donors (Lipinski definition) is 3. The molecule has 24 heavy (non-hydrogen) atoms. The molecular formula is C19H32N2O3. The second-order valence-corrected chi connectivity index (χ2v) is 8.18. The van der Waals surface area contributed by atoms with E-state index < -0.39 is 6.09 Å². The Kier molecular flexibility index (Phi) is 6.67. The molecule has 0 saturated heterocycles. The molecule has 1 aromatic carbocycles. The number of anilines is 1. The summed E-state index contributed by atoms with van der Waals surface area (Å²) in [6.07, 6.45) is 1.90. The number of carboxylic acid groups (broad SMARTS) is 1. The molecule has 1 aromatic rings. The highest BCUT2D eigenvalue weighted by molar-refractivity contribution is 5.65. The molecule has 0 heterocycles. The molecule has 0 aliphatic heterocycles. The van der Waals surface area contributed by atoms with Crippen molar-refractivity contribution in [3.8, 4) is 0 Å². The minimum atomic E-state index is -0.977. The van der Waals surface area contributed by atoms with Crippen LogP contribution in [-0.4, -0.2) is 22.4 Å². The molecule has 5 heteroatoms. The van der Waals surface area contributed by atoms with Crippen molar-refractivity contribution >= 4 is 11.8 Å². The second-order valence-electron chi connectivity index (χ2n) is 8.18. The molecule has 0 saturated carbocycles. The fourth-order valence-corrected chi connectivity index (χ4v) is 3.04. The maximum absolute atomic E-state index is 10.6. The van der Waals surface area contributed by atoms with E-state index >= 15 is 0 Å². The molecule has 1 aliphatic rings. The highest BCUT2D eigenvalue weighted by atomic mass is 16.5. The summed E-state index contributed by atoms with van der Waals surface area (Å²) in [4.78, 5) is 10.6. The first-order valence-electron chi connectivity index (χ1n) is 8.45. The number of nitrogens with one attached hydrogen (secondary N) is 1. The van der Waals surface area contributed by atoms with Crippen LogP contribution >= 0.6 is 0 Å². The topological polar surface area (TPSA) is 84.6 Å². The van der Waals surface area contributed by atoms with Gasteiger partial charge in [0.15, 0.2) is 0 Å². The Morgan fingerprint density at radius 3 is 2.25 bits per heavy atom. The van der Waals surface area contributed by atoms with Crippen LogP contribution in [0.5, 0.6) is 0 Å². The van der Waals surface area contributed by atoms with E-state index in [1.54, 1.807) is 0 Å². The normalized spacial score (nSPS) is 17.3. The first-order chi connectivity index (χ1) is 10.9. The van der Waals surface area contributed by atoms with E-state index in [1.165, 1.54) is 5.56 Å². The fourth-order valence-electron chi connectivity index (χ4n) is 3.04. The zero-order valence-corrected chi connectivity index (χ0v) is 15.8. The molecule has 1 atom stereocenters. The summed E-state index contributed by atoms with van der Waals surface area (Å²) in [5.74, 6) is 0. The fraction of sp³-hybridized carbons (Fsp3) is 0.632. The number of amides is 1. The number of carbonyl (C=O) groups is 1. The van der Waals surface area contributed by atoms with Gasteiger partial charge >= 0.3 is 6.09 Å². The molecule has 5 nitrogen and oxygen atoms in total. The lowest BCUT2D eigenvalue weighted by Gasteiger charge is -2.30. The number of hydrogen-bond acceptors (Lipinski definition) is 3. The quantitative estimate of drug-likeness (QED) is 0.659. The van der Waals surface area contributed by atoms with Crippen LogP contribution in [0.25, 0.3) is 0 Å². The number of nitrogens with two attached hydrogens (primary N) is 1. The van der Waals surface area contributed by atoms with E-state index in [4.69, 9.17) is 15.6 Å². The third-order valence-corrected chi connectivity index (χ3v) is 3.39. The minimum absolute atomic E-state index is 0.0156. The summed E-state index contributed by atoms with van der Waals surface area (Å²) in [7, 11) is 0. The lowest BCUT2D eigenvalue weighted by molar-refractivity contribution is -0.102.